The molecule has 2 N–H and O–H groups in total. The van der Waals surface area contributed by atoms with E-state index < -0.39 is 29.6 Å². The number of benzene rings is 2. The zero-order valence-electron chi connectivity index (χ0n) is 19.7. The third-order valence-electron chi connectivity index (χ3n) is 4.64. The average Bonchev–Trinajstić information content (AvgIpc) is 2.76. The molecule has 0 fully saturated rings. The van der Waals surface area contributed by atoms with Gasteiger partial charge in [-0.15, -0.1) is 6.58 Å². The lowest BCUT2D eigenvalue weighted by atomic mass is 10.00. The SMILES string of the molecule is C=CC[C@H](NC(=O)OCc1ccccc1)C(=O)CCc1cc(F)ccc1NC(=O)OC(C)(C)C. The molecule has 2 amide bonds. The summed E-state index contributed by atoms with van der Waals surface area (Å²) in [5, 5.41) is 5.15. The number of alkyl carbamates (subject to hydrolysis) is 1. The second-order valence-corrected chi connectivity index (χ2v) is 8.68. The van der Waals surface area contributed by atoms with Crippen LogP contribution in [-0.2, 0) is 27.3 Å². The maximum absolute atomic E-state index is 13.8. The van der Waals surface area contributed by atoms with Crippen LogP contribution in [0.4, 0.5) is 19.7 Å². The van der Waals surface area contributed by atoms with Crippen LogP contribution in [0.1, 0.15) is 44.7 Å². The first-order chi connectivity index (χ1) is 16.1. The quantitative estimate of drug-likeness (QED) is 0.444. The number of ketones is 1. The topological polar surface area (TPSA) is 93.7 Å². The van der Waals surface area contributed by atoms with Crippen LogP contribution in [0.5, 0.6) is 0 Å². The van der Waals surface area contributed by atoms with Crippen molar-refractivity contribution >= 4 is 23.7 Å². The average molecular weight is 471 g/mol. The number of hydrogen-bond donors (Lipinski definition) is 2. The van der Waals surface area contributed by atoms with E-state index in [-0.39, 0.29) is 31.7 Å². The van der Waals surface area contributed by atoms with E-state index >= 15 is 0 Å². The summed E-state index contributed by atoms with van der Waals surface area (Å²) in [4.78, 5) is 37.1. The summed E-state index contributed by atoms with van der Waals surface area (Å²) in [5.74, 6) is -0.772. The Hall–Kier alpha value is -3.68. The van der Waals surface area contributed by atoms with E-state index in [1.165, 1.54) is 24.3 Å². The maximum Gasteiger partial charge on any atom is 0.412 e. The minimum absolute atomic E-state index is 0.00389. The minimum Gasteiger partial charge on any atom is -0.445 e. The lowest BCUT2D eigenvalue weighted by molar-refractivity contribution is -0.120. The molecule has 0 aliphatic heterocycles. The molecule has 0 unspecified atom stereocenters. The Morgan fingerprint density at radius 3 is 2.44 bits per heavy atom. The summed E-state index contributed by atoms with van der Waals surface area (Å²) in [6, 6.07) is 12.2. The Morgan fingerprint density at radius 2 is 1.79 bits per heavy atom. The molecule has 0 heterocycles. The highest BCUT2D eigenvalue weighted by atomic mass is 19.1. The standard InChI is InChI=1S/C26H31FN2O5/c1-5-9-22(29-24(31)33-17-18-10-7-6-8-11-18)23(30)15-12-19-16-20(27)13-14-21(19)28-25(32)34-26(2,3)4/h5-8,10-11,13-14,16,22H,1,9,12,15,17H2,2-4H3,(H,28,32)(H,29,31)/t22-/m0/s1. The highest BCUT2D eigenvalue weighted by Gasteiger charge is 2.22. The van der Waals surface area contributed by atoms with Gasteiger partial charge in [0.25, 0.3) is 0 Å². The zero-order valence-corrected chi connectivity index (χ0v) is 19.7. The molecule has 1 atom stereocenters. The molecular weight excluding hydrogens is 439 g/mol. The molecule has 0 saturated carbocycles. The van der Waals surface area contributed by atoms with Crippen LogP contribution in [0.25, 0.3) is 0 Å². The first kappa shape index (κ1) is 26.6. The van der Waals surface area contributed by atoms with E-state index in [1.807, 2.05) is 30.3 Å². The summed E-state index contributed by atoms with van der Waals surface area (Å²) in [7, 11) is 0. The molecule has 0 spiro atoms. The van der Waals surface area contributed by atoms with Crippen LogP contribution in [0.15, 0.2) is 61.2 Å². The van der Waals surface area contributed by atoms with Crippen molar-refractivity contribution in [2.45, 2.75) is 58.3 Å². The lowest BCUT2D eigenvalue weighted by Gasteiger charge is -2.20. The number of carbonyl (C=O) groups is 3. The molecule has 7 nitrogen and oxygen atoms in total. The van der Waals surface area contributed by atoms with Gasteiger partial charge in [0, 0.05) is 12.1 Å². The van der Waals surface area contributed by atoms with E-state index in [2.05, 4.69) is 17.2 Å². The van der Waals surface area contributed by atoms with Crippen molar-refractivity contribution in [3.8, 4) is 0 Å². The van der Waals surface area contributed by atoms with Gasteiger partial charge >= 0.3 is 12.2 Å². The van der Waals surface area contributed by atoms with Crippen molar-refractivity contribution in [1.82, 2.24) is 5.32 Å². The number of carbonyl (C=O) groups excluding carboxylic acids is 3. The molecule has 182 valence electrons. The van der Waals surface area contributed by atoms with Crippen molar-refractivity contribution in [2.75, 3.05) is 5.32 Å². The molecular formula is C26H31FN2O5. The number of hydrogen-bond acceptors (Lipinski definition) is 5. The van der Waals surface area contributed by atoms with Crippen LogP contribution in [0.2, 0.25) is 0 Å². The van der Waals surface area contributed by atoms with Crippen LogP contribution < -0.4 is 10.6 Å². The third-order valence-corrected chi connectivity index (χ3v) is 4.64. The molecule has 0 aromatic heterocycles. The predicted molar refractivity (Wildman–Crippen MR) is 128 cm³/mol. The number of Topliss-reactive ketones (excluding diaryl/α,β-unsaturated/α-hetero) is 1. The Bertz CT molecular complexity index is 1000. The van der Waals surface area contributed by atoms with E-state index in [4.69, 9.17) is 9.47 Å². The van der Waals surface area contributed by atoms with E-state index in [9.17, 15) is 18.8 Å². The normalized spacial score (nSPS) is 11.8. The van der Waals surface area contributed by atoms with Gasteiger partial charge in [0.2, 0.25) is 0 Å². The largest absolute Gasteiger partial charge is 0.445 e. The van der Waals surface area contributed by atoms with Gasteiger partial charge in [0.1, 0.15) is 18.0 Å². The molecule has 0 aliphatic rings. The fourth-order valence-corrected chi connectivity index (χ4v) is 3.08. The first-order valence-electron chi connectivity index (χ1n) is 11.0. The summed E-state index contributed by atoms with van der Waals surface area (Å²) in [6.07, 6.45) is 0.490. The monoisotopic (exact) mass is 470 g/mol. The molecule has 34 heavy (non-hydrogen) atoms. The molecule has 2 rings (SSSR count). The maximum atomic E-state index is 13.8. The summed E-state index contributed by atoms with van der Waals surface area (Å²) in [5.41, 5.74) is 0.904. The number of ether oxygens (including phenoxy) is 2. The molecule has 0 saturated heterocycles. The lowest BCUT2D eigenvalue weighted by Crippen LogP contribution is -2.41. The molecule has 0 radical (unpaired) electrons. The summed E-state index contributed by atoms with van der Waals surface area (Å²) < 4.78 is 24.3. The fraction of sp³-hybridized carbons (Fsp3) is 0.346. The Kier molecular flexibility index (Phi) is 9.79. The minimum atomic E-state index is -0.836. The van der Waals surface area contributed by atoms with Gasteiger partial charge in [-0.3, -0.25) is 10.1 Å². The number of amides is 2. The fourth-order valence-electron chi connectivity index (χ4n) is 3.08. The molecule has 0 bridgehead atoms. The zero-order chi connectivity index (χ0) is 25.1. The second-order valence-electron chi connectivity index (χ2n) is 8.68. The van der Waals surface area contributed by atoms with Crippen LogP contribution in [0.3, 0.4) is 0 Å². The van der Waals surface area contributed by atoms with E-state index in [1.54, 1.807) is 20.8 Å². The van der Waals surface area contributed by atoms with Crippen molar-refractivity contribution < 1.29 is 28.2 Å². The van der Waals surface area contributed by atoms with Crippen LogP contribution >= 0.6 is 0 Å². The number of halogens is 1. The highest BCUT2D eigenvalue weighted by Crippen LogP contribution is 2.21. The number of anilines is 1. The van der Waals surface area contributed by atoms with Crippen molar-refractivity contribution in [1.29, 1.82) is 0 Å². The number of nitrogens with one attached hydrogen (secondary N) is 2. The summed E-state index contributed by atoms with van der Waals surface area (Å²) in [6.45, 7) is 8.90. The highest BCUT2D eigenvalue weighted by molar-refractivity contribution is 5.89. The molecule has 0 aliphatic carbocycles. The number of aryl methyl sites for hydroxylation is 1. The van der Waals surface area contributed by atoms with E-state index in [0.717, 1.165) is 5.56 Å². The van der Waals surface area contributed by atoms with Gasteiger partial charge in [-0.05, 0) is 62.9 Å². The van der Waals surface area contributed by atoms with Gasteiger partial charge in [-0.25, -0.2) is 14.0 Å². The van der Waals surface area contributed by atoms with Gasteiger partial charge in [0.05, 0.1) is 6.04 Å². The van der Waals surface area contributed by atoms with E-state index in [0.29, 0.717) is 11.3 Å². The predicted octanol–water partition coefficient (Wildman–Crippen LogP) is 5.55. The second kappa shape index (κ2) is 12.5. The van der Waals surface area contributed by atoms with Crippen molar-refractivity contribution in [2.24, 2.45) is 0 Å². The Morgan fingerprint density at radius 1 is 1.09 bits per heavy atom. The van der Waals surface area contributed by atoms with Crippen molar-refractivity contribution in [3.63, 3.8) is 0 Å². The van der Waals surface area contributed by atoms with Gasteiger partial charge in [-0.1, -0.05) is 36.4 Å². The van der Waals surface area contributed by atoms with Gasteiger partial charge < -0.3 is 14.8 Å². The third kappa shape index (κ3) is 9.44. The first-order valence-corrected chi connectivity index (χ1v) is 11.0. The van der Waals surface area contributed by atoms with Gasteiger partial charge in [-0.2, -0.15) is 0 Å². The molecule has 2 aromatic rings. The number of rotatable bonds is 10. The van der Waals surface area contributed by atoms with Crippen molar-refractivity contribution in [3.05, 3.63) is 78.1 Å². The molecule has 2 aromatic carbocycles. The smallest absolute Gasteiger partial charge is 0.412 e. The Labute approximate surface area is 199 Å². The van der Waals surface area contributed by atoms with Crippen LogP contribution in [0, 0.1) is 5.82 Å². The molecule has 8 heteroatoms. The summed E-state index contributed by atoms with van der Waals surface area (Å²) >= 11 is 0. The van der Waals surface area contributed by atoms with Gasteiger partial charge in [0.15, 0.2) is 5.78 Å². The van der Waals surface area contributed by atoms with Crippen LogP contribution in [-0.4, -0.2) is 29.6 Å². The Balaban J connectivity index is 1.98.